The van der Waals surface area contributed by atoms with E-state index in [2.05, 4.69) is 23.6 Å². The summed E-state index contributed by atoms with van der Waals surface area (Å²) >= 11 is 0. The summed E-state index contributed by atoms with van der Waals surface area (Å²) < 4.78 is 20.2. The molecule has 0 amide bonds. The van der Waals surface area contributed by atoms with Crippen molar-refractivity contribution in [3.05, 3.63) is 47.9 Å². The van der Waals surface area contributed by atoms with Crippen molar-refractivity contribution in [2.75, 3.05) is 13.7 Å². The van der Waals surface area contributed by atoms with Crippen LogP contribution in [0.1, 0.15) is 5.69 Å². The van der Waals surface area contributed by atoms with Gasteiger partial charge in [-0.3, -0.25) is 0 Å². The normalized spacial score (nSPS) is 10.8. The number of hydrogen-bond acceptors (Lipinski definition) is 1. The van der Waals surface area contributed by atoms with Gasteiger partial charge in [-0.25, -0.2) is 4.39 Å². The lowest BCUT2D eigenvalue weighted by Crippen LogP contribution is -2.07. The molecule has 0 bridgehead atoms. The number of methoxy groups -OCH3 is 1. The molecule has 0 saturated heterocycles. The Hall–Kier alpha value is -1.61. The zero-order valence-corrected chi connectivity index (χ0v) is 10.1. The number of halogens is 1. The fraction of sp³-hybridized carbons (Fsp3) is 0.286. The predicted molar refractivity (Wildman–Crippen MR) is 66.4 cm³/mol. The Labute approximate surface area is 101 Å². The van der Waals surface area contributed by atoms with E-state index in [1.165, 1.54) is 17.8 Å². The fourth-order valence-corrected chi connectivity index (χ4v) is 1.92. The van der Waals surface area contributed by atoms with Crippen molar-refractivity contribution in [2.24, 2.45) is 0 Å². The first kappa shape index (κ1) is 11.9. The second kappa shape index (κ2) is 5.15. The molecule has 1 heterocycles. The molecule has 90 valence electrons. The van der Waals surface area contributed by atoms with Crippen molar-refractivity contribution in [3.8, 4) is 11.3 Å². The van der Waals surface area contributed by atoms with Gasteiger partial charge in [0.25, 0.3) is 0 Å². The fourth-order valence-electron chi connectivity index (χ4n) is 1.92. The Balaban J connectivity index is 2.34. The van der Waals surface area contributed by atoms with E-state index >= 15 is 0 Å². The SMILES string of the molecule is COCCn1c(C)ccc1-c1ccc(F)cc1. The first-order valence-corrected chi connectivity index (χ1v) is 5.63. The van der Waals surface area contributed by atoms with Crippen LogP contribution in [0.25, 0.3) is 11.3 Å². The summed E-state index contributed by atoms with van der Waals surface area (Å²) in [5.41, 5.74) is 3.30. The molecule has 1 aromatic heterocycles. The second-order valence-corrected chi connectivity index (χ2v) is 4.01. The zero-order chi connectivity index (χ0) is 12.3. The van der Waals surface area contributed by atoms with E-state index in [0.717, 1.165) is 17.8 Å². The molecule has 0 unspecified atom stereocenters. The molecule has 0 spiro atoms. The molecule has 0 N–H and O–H groups in total. The maximum atomic E-state index is 12.9. The quantitative estimate of drug-likeness (QED) is 0.790. The van der Waals surface area contributed by atoms with Crippen LogP contribution in [0.2, 0.25) is 0 Å². The van der Waals surface area contributed by atoms with E-state index in [4.69, 9.17) is 4.74 Å². The van der Waals surface area contributed by atoms with Crippen molar-refractivity contribution in [2.45, 2.75) is 13.5 Å². The molecule has 0 aliphatic heterocycles. The van der Waals surface area contributed by atoms with E-state index in [1.54, 1.807) is 19.2 Å². The molecular weight excluding hydrogens is 217 g/mol. The third-order valence-corrected chi connectivity index (χ3v) is 2.86. The average Bonchev–Trinajstić information content (AvgIpc) is 2.69. The highest BCUT2D eigenvalue weighted by Crippen LogP contribution is 2.22. The largest absolute Gasteiger partial charge is 0.383 e. The summed E-state index contributed by atoms with van der Waals surface area (Å²) in [4.78, 5) is 0. The third-order valence-electron chi connectivity index (χ3n) is 2.86. The third kappa shape index (κ3) is 2.56. The summed E-state index contributed by atoms with van der Waals surface area (Å²) in [5.74, 6) is -0.208. The molecular formula is C14H16FNO. The van der Waals surface area contributed by atoms with E-state index in [1.807, 2.05) is 0 Å². The van der Waals surface area contributed by atoms with Crippen molar-refractivity contribution >= 4 is 0 Å². The highest BCUT2D eigenvalue weighted by atomic mass is 19.1. The summed E-state index contributed by atoms with van der Waals surface area (Å²) in [6.45, 7) is 3.54. The van der Waals surface area contributed by atoms with Gasteiger partial charge < -0.3 is 9.30 Å². The van der Waals surface area contributed by atoms with E-state index in [9.17, 15) is 4.39 Å². The summed E-state index contributed by atoms with van der Waals surface area (Å²) in [5, 5.41) is 0. The molecule has 1 aromatic carbocycles. The predicted octanol–water partition coefficient (Wildman–Crippen LogP) is 3.25. The van der Waals surface area contributed by atoms with Crippen molar-refractivity contribution in [1.82, 2.24) is 4.57 Å². The van der Waals surface area contributed by atoms with Gasteiger partial charge >= 0.3 is 0 Å². The molecule has 0 aliphatic rings. The molecule has 2 aromatic rings. The van der Waals surface area contributed by atoms with Crippen molar-refractivity contribution in [3.63, 3.8) is 0 Å². The van der Waals surface area contributed by atoms with Crippen LogP contribution in [0.5, 0.6) is 0 Å². The van der Waals surface area contributed by atoms with E-state index < -0.39 is 0 Å². The topological polar surface area (TPSA) is 14.2 Å². The highest BCUT2D eigenvalue weighted by Gasteiger charge is 2.07. The van der Waals surface area contributed by atoms with Crippen molar-refractivity contribution < 1.29 is 9.13 Å². The minimum absolute atomic E-state index is 0.208. The summed E-state index contributed by atoms with van der Waals surface area (Å²) in [6.07, 6.45) is 0. The number of rotatable bonds is 4. The molecule has 0 radical (unpaired) electrons. The second-order valence-electron chi connectivity index (χ2n) is 4.01. The molecule has 0 atom stereocenters. The Morgan fingerprint density at radius 3 is 2.47 bits per heavy atom. The van der Waals surface area contributed by atoms with Crippen LogP contribution in [-0.4, -0.2) is 18.3 Å². The Morgan fingerprint density at radius 2 is 1.82 bits per heavy atom. The average molecular weight is 233 g/mol. The lowest BCUT2D eigenvalue weighted by molar-refractivity contribution is 0.187. The number of aromatic nitrogens is 1. The molecule has 0 fully saturated rings. The first-order chi connectivity index (χ1) is 8.22. The van der Waals surface area contributed by atoms with Gasteiger partial charge in [-0.05, 0) is 48.9 Å². The Kier molecular flexibility index (Phi) is 3.59. The van der Waals surface area contributed by atoms with E-state index in [-0.39, 0.29) is 5.82 Å². The smallest absolute Gasteiger partial charge is 0.123 e. The van der Waals surface area contributed by atoms with Crippen LogP contribution in [0.3, 0.4) is 0 Å². The lowest BCUT2D eigenvalue weighted by atomic mass is 10.1. The van der Waals surface area contributed by atoms with Crippen LogP contribution in [0, 0.1) is 12.7 Å². The van der Waals surface area contributed by atoms with Gasteiger partial charge in [-0.2, -0.15) is 0 Å². The molecule has 2 nitrogen and oxygen atoms in total. The van der Waals surface area contributed by atoms with Crippen LogP contribution >= 0.6 is 0 Å². The number of aryl methyl sites for hydroxylation is 1. The molecule has 2 rings (SSSR count). The number of benzene rings is 1. The summed E-state index contributed by atoms with van der Waals surface area (Å²) in [6, 6.07) is 10.7. The number of ether oxygens (including phenoxy) is 1. The van der Waals surface area contributed by atoms with Crippen LogP contribution < -0.4 is 0 Å². The van der Waals surface area contributed by atoms with E-state index in [0.29, 0.717) is 6.61 Å². The van der Waals surface area contributed by atoms with Gasteiger partial charge in [0.1, 0.15) is 5.82 Å². The maximum absolute atomic E-state index is 12.9. The standard InChI is InChI=1S/C14H16FNO/c1-11-3-8-14(16(11)9-10-17-2)12-4-6-13(15)7-5-12/h3-8H,9-10H2,1-2H3. The Bertz CT molecular complexity index is 487. The molecule has 0 aliphatic carbocycles. The Morgan fingerprint density at radius 1 is 1.12 bits per heavy atom. The highest BCUT2D eigenvalue weighted by molar-refractivity contribution is 5.60. The van der Waals surface area contributed by atoms with Gasteiger partial charge in [0.05, 0.1) is 6.61 Å². The molecule has 0 saturated carbocycles. The van der Waals surface area contributed by atoms with Crippen molar-refractivity contribution in [1.29, 1.82) is 0 Å². The first-order valence-electron chi connectivity index (χ1n) is 5.63. The van der Waals surface area contributed by atoms with Crippen LogP contribution in [0.15, 0.2) is 36.4 Å². The monoisotopic (exact) mass is 233 g/mol. The van der Waals surface area contributed by atoms with Gasteiger partial charge in [-0.15, -0.1) is 0 Å². The lowest BCUT2D eigenvalue weighted by Gasteiger charge is -2.11. The zero-order valence-electron chi connectivity index (χ0n) is 10.1. The van der Waals surface area contributed by atoms with Gasteiger partial charge in [0.15, 0.2) is 0 Å². The molecule has 3 heteroatoms. The minimum atomic E-state index is -0.208. The summed E-state index contributed by atoms with van der Waals surface area (Å²) in [7, 11) is 1.69. The number of hydrogen-bond donors (Lipinski definition) is 0. The van der Waals surface area contributed by atoms with Crippen LogP contribution in [-0.2, 0) is 11.3 Å². The van der Waals surface area contributed by atoms with Gasteiger partial charge in [0, 0.05) is 25.0 Å². The minimum Gasteiger partial charge on any atom is -0.383 e. The molecule has 17 heavy (non-hydrogen) atoms. The van der Waals surface area contributed by atoms with Gasteiger partial charge in [0.2, 0.25) is 0 Å². The van der Waals surface area contributed by atoms with Gasteiger partial charge in [-0.1, -0.05) is 0 Å². The van der Waals surface area contributed by atoms with Crippen LogP contribution in [0.4, 0.5) is 4.39 Å². The maximum Gasteiger partial charge on any atom is 0.123 e. The number of nitrogens with zero attached hydrogens (tertiary/aromatic N) is 1.